The molecule has 7 atom stereocenters. The van der Waals surface area contributed by atoms with Gasteiger partial charge in [-0.25, -0.2) is 0 Å². The van der Waals surface area contributed by atoms with E-state index in [-0.39, 0.29) is 68.5 Å². The van der Waals surface area contributed by atoms with Crippen molar-refractivity contribution in [3.8, 4) is 11.5 Å². The Bertz CT molecular complexity index is 1420. The van der Waals surface area contributed by atoms with Crippen molar-refractivity contribution in [1.82, 2.24) is 5.32 Å². The lowest BCUT2D eigenvalue weighted by molar-refractivity contribution is -0.181. The number of carbonyl (C=O) groups is 4. The predicted octanol–water partition coefficient (Wildman–Crippen LogP) is 2.93. The van der Waals surface area contributed by atoms with E-state index < -0.39 is 40.9 Å². The summed E-state index contributed by atoms with van der Waals surface area (Å²) in [6, 6.07) is 5.40. The van der Waals surface area contributed by atoms with Gasteiger partial charge in [0.05, 0.1) is 12.5 Å². The Morgan fingerprint density at radius 3 is 2.77 bits per heavy atom. The molecule has 4 aliphatic carbocycles. The van der Waals surface area contributed by atoms with E-state index in [1.807, 2.05) is 19.1 Å². The first-order valence-electron chi connectivity index (χ1n) is 15.1. The van der Waals surface area contributed by atoms with Crippen LogP contribution in [0.4, 0.5) is 0 Å². The van der Waals surface area contributed by atoms with Crippen LogP contribution >= 0.6 is 0 Å². The number of hydrogen-bond donors (Lipinski definition) is 3. The predicted molar refractivity (Wildman–Crippen MR) is 153 cm³/mol. The van der Waals surface area contributed by atoms with Crippen molar-refractivity contribution in [3.63, 3.8) is 0 Å². The summed E-state index contributed by atoms with van der Waals surface area (Å²) in [7, 11) is 0. The third-order valence-electron chi connectivity index (χ3n) is 11.0. The minimum atomic E-state index is -1.74. The smallest absolute Gasteiger partial charge is 0.306 e. The molecule has 0 radical (unpaired) electrons. The number of ether oxygens (including phenoxy) is 3. The molecular weight excluding hydrogens is 554 g/mol. The Kier molecular flexibility index (Phi) is 7.49. The van der Waals surface area contributed by atoms with Crippen molar-refractivity contribution >= 4 is 23.4 Å². The summed E-state index contributed by atoms with van der Waals surface area (Å²) < 4.78 is 16.0. The van der Waals surface area contributed by atoms with Gasteiger partial charge in [-0.05, 0) is 62.2 Å². The van der Waals surface area contributed by atoms with E-state index in [0.29, 0.717) is 17.9 Å². The topological polar surface area (TPSA) is 148 Å². The molecule has 1 amide bonds. The number of carbonyl (C=O) groups excluding carboxylic acids is 4. The average Bonchev–Trinajstić information content (AvgIpc) is 3.56. The van der Waals surface area contributed by atoms with Gasteiger partial charge in [-0.3, -0.25) is 19.2 Å². The Morgan fingerprint density at radius 1 is 1.14 bits per heavy atom. The standard InChI is InChI=1S/C33H39NO9/c1-31-12-10-21(35)14-20(31)6-7-22-23-11-13-33(40,32(23,2)15-24(36)29(22)31)26(37)17-41-28(39)9-8-27(38)34-16-19-4-3-5-25-30(19)43-18-42-25/h3-5,10,12,14,22-24,29,36,40H,6-9,11,13,15-18H2,1-2H3,(H,34,38)/t22?,23?,24?,29?,31-,32-,33-/m0/s1. The van der Waals surface area contributed by atoms with Gasteiger partial charge in [0.15, 0.2) is 23.9 Å². The van der Waals surface area contributed by atoms with E-state index in [0.717, 1.165) is 24.0 Å². The molecule has 10 nitrogen and oxygen atoms in total. The Hall–Kier alpha value is -3.50. The van der Waals surface area contributed by atoms with Crippen LogP contribution in [0.2, 0.25) is 0 Å². The lowest BCUT2D eigenvalue weighted by Crippen LogP contribution is -2.61. The van der Waals surface area contributed by atoms with E-state index in [1.54, 1.807) is 24.3 Å². The van der Waals surface area contributed by atoms with Crippen LogP contribution in [0.25, 0.3) is 0 Å². The van der Waals surface area contributed by atoms with Crippen molar-refractivity contribution in [2.24, 2.45) is 28.6 Å². The molecule has 10 heteroatoms. The van der Waals surface area contributed by atoms with Crippen LogP contribution in [0.1, 0.15) is 64.4 Å². The SMILES string of the molecule is C[C@]12C=CC(=O)C=C1CCC1C2C(O)C[C@@]2(C)C1CC[C@]2(O)C(=O)COC(=O)CCC(=O)NCc1cccc2c1OCO2. The highest BCUT2D eigenvalue weighted by Gasteiger charge is 2.68. The van der Waals surface area contributed by atoms with Gasteiger partial charge in [-0.2, -0.15) is 0 Å². The number of hydrogen-bond acceptors (Lipinski definition) is 9. The number of amides is 1. The fourth-order valence-corrected chi connectivity index (χ4v) is 8.75. The second kappa shape index (κ2) is 10.9. The quantitative estimate of drug-likeness (QED) is 0.387. The molecule has 3 saturated carbocycles. The Morgan fingerprint density at radius 2 is 1.95 bits per heavy atom. The maximum absolute atomic E-state index is 13.4. The minimum absolute atomic E-state index is 0.00135. The van der Waals surface area contributed by atoms with Crippen molar-refractivity contribution in [2.45, 2.75) is 77.0 Å². The van der Waals surface area contributed by atoms with Gasteiger partial charge in [0.2, 0.25) is 18.5 Å². The third-order valence-corrected chi connectivity index (χ3v) is 11.0. The van der Waals surface area contributed by atoms with Gasteiger partial charge in [0.25, 0.3) is 0 Å². The molecule has 0 aromatic heterocycles. The zero-order valence-corrected chi connectivity index (χ0v) is 24.6. The van der Waals surface area contributed by atoms with Crippen molar-refractivity contribution < 1.29 is 43.6 Å². The van der Waals surface area contributed by atoms with Crippen LogP contribution < -0.4 is 14.8 Å². The van der Waals surface area contributed by atoms with Crippen molar-refractivity contribution in [3.05, 3.63) is 47.6 Å². The monoisotopic (exact) mass is 593 g/mol. The maximum Gasteiger partial charge on any atom is 0.306 e. The number of Topliss-reactive ketones (excluding diaryl/α,β-unsaturated/α-hetero) is 1. The van der Waals surface area contributed by atoms with Crippen LogP contribution in [-0.2, 0) is 30.5 Å². The third kappa shape index (κ3) is 4.88. The van der Waals surface area contributed by atoms with Gasteiger partial charge in [-0.1, -0.05) is 37.6 Å². The molecule has 4 unspecified atom stereocenters. The number of aliphatic hydroxyl groups is 2. The molecule has 1 aromatic carbocycles. The Labute approximate surface area is 250 Å². The molecule has 3 fully saturated rings. The number of fused-ring (bicyclic) bond motifs is 6. The molecule has 1 aromatic rings. The van der Waals surface area contributed by atoms with Crippen LogP contribution in [0.15, 0.2) is 42.0 Å². The van der Waals surface area contributed by atoms with Gasteiger partial charge in [0.1, 0.15) is 5.60 Å². The molecular formula is C33H39NO9. The van der Waals surface area contributed by atoms with Gasteiger partial charge >= 0.3 is 5.97 Å². The lowest BCUT2D eigenvalue weighted by atomic mass is 9.46. The highest BCUT2D eigenvalue weighted by atomic mass is 16.7. The first kappa shape index (κ1) is 29.6. The summed E-state index contributed by atoms with van der Waals surface area (Å²) in [4.78, 5) is 50.3. The van der Waals surface area contributed by atoms with E-state index >= 15 is 0 Å². The van der Waals surface area contributed by atoms with Crippen molar-refractivity contribution in [1.29, 1.82) is 0 Å². The van der Waals surface area contributed by atoms with Crippen LogP contribution in [-0.4, -0.2) is 58.8 Å². The molecule has 0 spiro atoms. The molecule has 6 rings (SSSR count). The number of nitrogens with one attached hydrogen (secondary N) is 1. The fraction of sp³-hybridized carbons (Fsp3) is 0.576. The molecule has 3 N–H and O–H groups in total. The number of ketones is 2. The molecule has 1 heterocycles. The van der Waals surface area contributed by atoms with E-state index in [1.165, 1.54) is 0 Å². The second-order valence-electron chi connectivity index (χ2n) is 13.1. The van der Waals surface area contributed by atoms with E-state index in [4.69, 9.17) is 14.2 Å². The second-order valence-corrected chi connectivity index (χ2v) is 13.1. The summed E-state index contributed by atoms with van der Waals surface area (Å²) in [6.07, 6.45) is 6.71. The zero-order valence-electron chi connectivity index (χ0n) is 24.6. The van der Waals surface area contributed by atoms with E-state index in [9.17, 15) is 29.4 Å². The molecule has 1 aliphatic heterocycles. The van der Waals surface area contributed by atoms with Gasteiger partial charge < -0.3 is 29.7 Å². The number of para-hydroxylation sites is 1. The number of rotatable bonds is 8. The summed E-state index contributed by atoms with van der Waals surface area (Å²) in [5.41, 5.74) is -1.25. The largest absolute Gasteiger partial charge is 0.458 e. The Balaban J connectivity index is 1.03. The number of allylic oxidation sites excluding steroid dienone is 4. The summed E-state index contributed by atoms with van der Waals surface area (Å²) in [5.74, 6) is -0.495. The fourth-order valence-electron chi connectivity index (χ4n) is 8.75. The molecule has 0 bridgehead atoms. The molecule has 0 saturated heterocycles. The highest BCUT2D eigenvalue weighted by Crippen LogP contribution is 2.67. The number of benzene rings is 1. The minimum Gasteiger partial charge on any atom is -0.458 e. The molecule has 230 valence electrons. The first-order valence-corrected chi connectivity index (χ1v) is 15.1. The highest BCUT2D eigenvalue weighted by molar-refractivity contribution is 6.01. The summed E-state index contributed by atoms with van der Waals surface area (Å²) in [6.45, 7) is 3.70. The van der Waals surface area contributed by atoms with Gasteiger partial charge in [0, 0.05) is 35.3 Å². The van der Waals surface area contributed by atoms with Crippen molar-refractivity contribution in [2.75, 3.05) is 13.4 Å². The first-order chi connectivity index (χ1) is 20.5. The zero-order chi connectivity index (χ0) is 30.6. The number of esters is 1. The summed E-state index contributed by atoms with van der Waals surface area (Å²) >= 11 is 0. The van der Waals surface area contributed by atoms with Crippen LogP contribution in [0, 0.1) is 28.6 Å². The molecule has 43 heavy (non-hydrogen) atoms. The normalized spacial score (nSPS) is 35.3. The average molecular weight is 594 g/mol. The number of aliphatic hydroxyl groups excluding tert-OH is 1. The van der Waals surface area contributed by atoms with Gasteiger partial charge in [-0.15, -0.1) is 0 Å². The van der Waals surface area contributed by atoms with E-state index in [2.05, 4.69) is 12.2 Å². The summed E-state index contributed by atoms with van der Waals surface area (Å²) in [5, 5.41) is 26.1. The van der Waals surface area contributed by atoms with Crippen LogP contribution in [0.5, 0.6) is 11.5 Å². The van der Waals surface area contributed by atoms with Crippen LogP contribution in [0.3, 0.4) is 0 Å². The molecule has 5 aliphatic rings. The maximum atomic E-state index is 13.4. The lowest BCUT2D eigenvalue weighted by Gasteiger charge is -2.59.